The molecule has 0 N–H and O–H groups in total. The second-order valence-corrected chi connectivity index (χ2v) is 5.93. The van der Waals surface area contributed by atoms with Crippen molar-refractivity contribution in [2.24, 2.45) is 5.41 Å². The van der Waals surface area contributed by atoms with Crippen molar-refractivity contribution in [3.63, 3.8) is 0 Å². The molecule has 0 amide bonds. The van der Waals surface area contributed by atoms with Gasteiger partial charge in [-0.3, -0.25) is 14.4 Å². The summed E-state index contributed by atoms with van der Waals surface area (Å²) < 4.78 is 14.3. The lowest BCUT2D eigenvalue weighted by molar-refractivity contribution is -0.152. The van der Waals surface area contributed by atoms with Crippen molar-refractivity contribution in [2.75, 3.05) is 21.3 Å². The van der Waals surface area contributed by atoms with E-state index in [0.29, 0.717) is 0 Å². The smallest absolute Gasteiger partial charge is 0.315 e. The number of benzene rings is 1. The highest BCUT2D eigenvalue weighted by molar-refractivity contribution is 5.81. The molecule has 0 heterocycles. The van der Waals surface area contributed by atoms with Crippen molar-refractivity contribution >= 4 is 24.0 Å². The molecule has 6 nitrogen and oxygen atoms in total. The highest BCUT2D eigenvalue weighted by Gasteiger charge is 2.37. The van der Waals surface area contributed by atoms with E-state index in [1.54, 1.807) is 18.2 Å². The summed E-state index contributed by atoms with van der Waals surface area (Å²) in [5.74, 6) is -1.39. The SMILES string of the molecule is COC(=O)CCC(/C=C/C=C/c1ccccc1)(CCC(=O)OC)C(=O)OC. The van der Waals surface area contributed by atoms with E-state index in [4.69, 9.17) is 4.74 Å². The number of allylic oxidation sites excluding steroid dienone is 2. The van der Waals surface area contributed by atoms with Crippen molar-refractivity contribution in [1.29, 1.82) is 0 Å². The van der Waals surface area contributed by atoms with Gasteiger partial charge in [-0.1, -0.05) is 54.6 Å². The number of esters is 3. The number of carbonyl (C=O) groups is 3. The van der Waals surface area contributed by atoms with Crippen LogP contribution in [0, 0.1) is 5.41 Å². The minimum Gasteiger partial charge on any atom is -0.469 e. The molecule has 1 rings (SSSR count). The van der Waals surface area contributed by atoms with Gasteiger partial charge in [0.05, 0.1) is 26.7 Å². The molecule has 1 aromatic rings. The van der Waals surface area contributed by atoms with Crippen LogP contribution in [0.25, 0.3) is 6.08 Å². The topological polar surface area (TPSA) is 78.9 Å². The Morgan fingerprint density at radius 3 is 1.89 bits per heavy atom. The van der Waals surface area contributed by atoms with E-state index in [9.17, 15) is 14.4 Å². The predicted octanol–water partition coefficient (Wildman–Crippen LogP) is 3.32. The average molecular weight is 374 g/mol. The minimum atomic E-state index is -1.13. The highest BCUT2D eigenvalue weighted by Crippen LogP contribution is 2.34. The zero-order valence-corrected chi connectivity index (χ0v) is 16.0. The van der Waals surface area contributed by atoms with E-state index in [-0.39, 0.29) is 25.7 Å². The van der Waals surface area contributed by atoms with Crippen LogP contribution in [0.2, 0.25) is 0 Å². The number of methoxy groups -OCH3 is 3. The summed E-state index contributed by atoms with van der Waals surface area (Å²) in [7, 11) is 3.85. The molecule has 6 heteroatoms. The normalized spacial score (nSPS) is 11.5. The molecule has 0 bridgehead atoms. The third-order valence-electron chi connectivity index (χ3n) is 4.21. The maximum atomic E-state index is 12.5. The Labute approximate surface area is 159 Å². The fraction of sp³-hybridized carbons (Fsp3) is 0.381. The monoisotopic (exact) mass is 374 g/mol. The van der Waals surface area contributed by atoms with Gasteiger partial charge in [0.2, 0.25) is 0 Å². The molecule has 1 aromatic carbocycles. The molecule has 0 spiro atoms. The van der Waals surface area contributed by atoms with Crippen LogP contribution in [0.1, 0.15) is 31.2 Å². The lowest BCUT2D eigenvalue weighted by Crippen LogP contribution is -2.32. The number of rotatable bonds is 10. The Balaban J connectivity index is 3.04. The van der Waals surface area contributed by atoms with Gasteiger partial charge in [0.25, 0.3) is 0 Å². The van der Waals surface area contributed by atoms with Crippen LogP contribution in [0.3, 0.4) is 0 Å². The largest absolute Gasteiger partial charge is 0.469 e. The van der Waals surface area contributed by atoms with E-state index in [2.05, 4.69) is 9.47 Å². The summed E-state index contributed by atoms with van der Waals surface area (Å²) in [5, 5.41) is 0. The van der Waals surface area contributed by atoms with Crippen LogP contribution in [0.15, 0.2) is 48.6 Å². The van der Waals surface area contributed by atoms with Crippen molar-refractivity contribution in [2.45, 2.75) is 25.7 Å². The fourth-order valence-corrected chi connectivity index (χ4v) is 2.59. The number of hydrogen-bond donors (Lipinski definition) is 0. The van der Waals surface area contributed by atoms with Gasteiger partial charge >= 0.3 is 17.9 Å². The van der Waals surface area contributed by atoms with E-state index >= 15 is 0 Å². The summed E-state index contributed by atoms with van der Waals surface area (Å²) in [5.41, 5.74) is -0.118. The minimum absolute atomic E-state index is 0.0273. The first-order valence-electron chi connectivity index (χ1n) is 8.60. The Morgan fingerprint density at radius 2 is 1.41 bits per heavy atom. The lowest BCUT2D eigenvalue weighted by atomic mass is 9.78. The molecule has 0 fully saturated rings. The molecule has 0 saturated carbocycles. The van der Waals surface area contributed by atoms with Crippen LogP contribution < -0.4 is 0 Å². The van der Waals surface area contributed by atoms with E-state index in [0.717, 1.165) is 5.56 Å². The molecule has 146 valence electrons. The lowest BCUT2D eigenvalue weighted by Gasteiger charge is -2.27. The third-order valence-corrected chi connectivity index (χ3v) is 4.21. The first-order chi connectivity index (χ1) is 13.0. The highest BCUT2D eigenvalue weighted by atomic mass is 16.5. The third kappa shape index (κ3) is 7.48. The maximum absolute atomic E-state index is 12.5. The summed E-state index contributed by atoms with van der Waals surface area (Å²) >= 11 is 0. The van der Waals surface area contributed by atoms with Crippen LogP contribution in [0.4, 0.5) is 0 Å². The van der Waals surface area contributed by atoms with E-state index in [1.807, 2.05) is 36.4 Å². The first-order valence-corrected chi connectivity index (χ1v) is 8.60. The zero-order valence-electron chi connectivity index (χ0n) is 16.0. The van der Waals surface area contributed by atoms with Gasteiger partial charge in [0.1, 0.15) is 0 Å². The molecule has 0 aliphatic heterocycles. The van der Waals surface area contributed by atoms with E-state index in [1.165, 1.54) is 21.3 Å². The quantitative estimate of drug-likeness (QED) is 0.355. The van der Waals surface area contributed by atoms with Gasteiger partial charge < -0.3 is 14.2 Å². The van der Waals surface area contributed by atoms with Gasteiger partial charge in [0, 0.05) is 12.8 Å². The number of ether oxygens (including phenoxy) is 3. The van der Waals surface area contributed by atoms with Crippen LogP contribution in [-0.4, -0.2) is 39.2 Å². The van der Waals surface area contributed by atoms with Gasteiger partial charge in [-0.25, -0.2) is 0 Å². The predicted molar refractivity (Wildman–Crippen MR) is 102 cm³/mol. The Hall–Kier alpha value is -2.89. The first kappa shape index (κ1) is 22.2. The van der Waals surface area contributed by atoms with Crippen molar-refractivity contribution in [1.82, 2.24) is 0 Å². The number of hydrogen-bond acceptors (Lipinski definition) is 6. The van der Waals surface area contributed by atoms with Crippen molar-refractivity contribution < 1.29 is 28.6 Å². The Bertz CT molecular complexity index is 655. The summed E-state index contributed by atoms with van der Waals surface area (Å²) in [6, 6.07) is 9.68. The molecular formula is C21H26O6. The molecule has 0 radical (unpaired) electrons. The number of carbonyl (C=O) groups excluding carboxylic acids is 3. The molecule has 27 heavy (non-hydrogen) atoms. The van der Waals surface area contributed by atoms with Crippen molar-refractivity contribution in [3.8, 4) is 0 Å². The standard InChI is InChI=1S/C21H26O6/c1-25-18(22)12-15-21(20(24)27-3,16-13-19(23)26-2)14-8-7-11-17-9-5-4-6-10-17/h4-11,14H,12-13,15-16H2,1-3H3/b11-7+,14-8+. The molecule has 0 unspecified atom stereocenters. The summed E-state index contributed by atoms with van der Waals surface area (Å²) in [6.45, 7) is 0. The molecule has 0 saturated heterocycles. The maximum Gasteiger partial charge on any atom is 0.315 e. The Morgan fingerprint density at radius 1 is 0.852 bits per heavy atom. The van der Waals surface area contributed by atoms with Gasteiger partial charge in [-0.2, -0.15) is 0 Å². The molecular weight excluding hydrogens is 348 g/mol. The van der Waals surface area contributed by atoms with Gasteiger partial charge in [-0.15, -0.1) is 0 Å². The molecule has 0 atom stereocenters. The van der Waals surface area contributed by atoms with Gasteiger partial charge in [0.15, 0.2) is 0 Å². The molecule has 0 aliphatic carbocycles. The molecule has 0 aromatic heterocycles. The van der Waals surface area contributed by atoms with Crippen molar-refractivity contribution in [3.05, 3.63) is 54.1 Å². The van der Waals surface area contributed by atoms with Gasteiger partial charge in [-0.05, 0) is 18.4 Å². The average Bonchev–Trinajstić information content (AvgIpc) is 2.72. The fourth-order valence-electron chi connectivity index (χ4n) is 2.59. The molecule has 0 aliphatic rings. The zero-order chi connectivity index (χ0) is 20.1. The van der Waals surface area contributed by atoms with E-state index < -0.39 is 23.3 Å². The second kappa shape index (κ2) is 11.7. The van der Waals surface area contributed by atoms with Crippen LogP contribution in [-0.2, 0) is 28.6 Å². The second-order valence-electron chi connectivity index (χ2n) is 5.93. The Kier molecular flexibility index (Phi) is 9.58. The summed E-state index contributed by atoms with van der Waals surface area (Å²) in [6.07, 6.45) is 7.46. The summed E-state index contributed by atoms with van der Waals surface area (Å²) in [4.78, 5) is 35.6. The van der Waals surface area contributed by atoms with Crippen LogP contribution >= 0.6 is 0 Å². The van der Waals surface area contributed by atoms with Crippen LogP contribution in [0.5, 0.6) is 0 Å².